The van der Waals surface area contributed by atoms with Crippen LogP contribution in [0, 0.1) is 28.6 Å². The van der Waals surface area contributed by atoms with Crippen molar-refractivity contribution in [1.29, 1.82) is 0 Å². The largest absolute Gasteiger partial charge is 0.451 e. The average molecular weight is 389 g/mol. The Morgan fingerprint density at radius 2 is 1.96 bits per heavy atom. The first-order valence-electron chi connectivity index (χ1n) is 10.7. The molecule has 6 atom stereocenters. The number of aliphatic hydroxyl groups excluding tert-OH is 1. The molecule has 154 valence electrons. The van der Waals surface area contributed by atoms with Gasteiger partial charge in [0.1, 0.15) is 12.4 Å². The van der Waals surface area contributed by atoms with E-state index in [2.05, 4.69) is 19.9 Å². The van der Waals surface area contributed by atoms with Crippen molar-refractivity contribution in [1.82, 2.24) is 0 Å². The third-order valence-corrected chi connectivity index (χ3v) is 8.88. The minimum atomic E-state index is -1.22. The molecule has 0 amide bonds. The molecule has 0 radical (unpaired) electrons. The van der Waals surface area contributed by atoms with Gasteiger partial charge in [-0.05, 0) is 61.7 Å². The van der Waals surface area contributed by atoms with E-state index in [0.29, 0.717) is 43.3 Å². The smallest absolute Gasteiger partial charge is 0.303 e. The van der Waals surface area contributed by atoms with Crippen LogP contribution in [0.2, 0.25) is 0 Å². The second kappa shape index (κ2) is 6.51. The molecule has 1 unspecified atom stereocenters. The van der Waals surface area contributed by atoms with E-state index in [9.17, 15) is 19.5 Å². The van der Waals surface area contributed by atoms with Crippen molar-refractivity contribution >= 4 is 17.5 Å². The molecule has 0 saturated heterocycles. The Labute approximate surface area is 166 Å². The average Bonchev–Trinajstić information content (AvgIpc) is 2.94. The molecule has 5 nitrogen and oxygen atoms in total. The molecule has 0 aromatic heterocycles. The number of rotatable bonds is 3. The number of carbonyl (C=O) groups is 3. The zero-order valence-corrected chi connectivity index (χ0v) is 17.3. The fourth-order valence-corrected chi connectivity index (χ4v) is 7.37. The first-order chi connectivity index (χ1) is 13.2. The van der Waals surface area contributed by atoms with Crippen LogP contribution < -0.4 is 0 Å². The van der Waals surface area contributed by atoms with E-state index in [1.165, 1.54) is 12.5 Å². The maximum absolute atomic E-state index is 12.8. The van der Waals surface area contributed by atoms with Crippen LogP contribution >= 0.6 is 0 Å². The lowest BCUT2D eigenvalue weighted by atomic mass is 9.48. The number of carbonyl (C=O) groups excluding carboxylic acids is 3. The molecule has 3 fully saturated rings. The van der Waals surface area contributed by atoms with Gasteiger partial charge in [-0.25, -0.2) is 0 Å². The molecule has 4 rings (SSSR count). The van der Waals surface area contributed by atoms with Crippen molar-refractivity contribution in [2.45, 2.75) is 77.7 Å². The Morgan fingerprint density at radius 1 is 1.21 bits per heavy atom. The van der Waals surface area contributed by atoms with Crippen LogP contribution in [0.1, 0.15) is 72.1 Å². The molecule has 0 aliphatic heterocycles. The van der Waals surface area contributed by atoms with Gasteiger partial charge in [0, 0.05) is 25.2 Å². The van der Waals surface area contributed by atoms with E-state index in [0.717, 1.165) is 25.7 Å². The number of esters is 1. The first-order valence-corrected chi connectivity index (χ1v) is 10.7. The maximum Gasteiger partial charge on any atom is 0.303 e. The Hall–Kier alpha value is -1.49. The molecule has 4 aliphatic rings. The lowest BCUT2D eigenvalue weighted by Crippen LogP contribution is -2.58. The van der Waals surface area contributed by atoms with E-state index >= 15 is 0 Å². The van der Waals surface area contributed by atoms with Crippen LogP contribution in [0.15, 0.2) is 11.6 Å². The fourth-order valence-electron chi connectivity index (χ4n) is 7.37. The molecule has 0 bridgehead atoms. The molecular weight excluding hydrogens is 356 g/mol. The summed E-state index contributed by atoms with van der Waals surface area (Å²) in [6.45, 7) is 5.16. The number of ether oxygens (including phenoxy) is 1. The normalized spacial score (nSPS) is 44.8. The third kappa shape index (κ3) is 2.51. The van der Waals surface area contributed by atoms with Gasteiger partial charge in [-0.15, -0.1) is 0 Å². The highest BCUT2D eigenvalue weighted by molar-refractivity contribution is 5.92. The number of Topliss-reactive ketones (excluding diaryl/α,β-unsaturated/α-hetero) is 2. The van der Waals surface area contributed by atoms with E-state index in [1.807, 2.05) is 0 Å². The van der Waals surface area contributed by atoms with Gasteiger partial charge < -0.3 is 9.84 Å². The van der Waals surface area contributed by atoms with Gasteiger partial charge in [-0.1, -0.05) is 25.5 Å². The van der Waals surface area contributed by atoms with Gasteiger partial charge in [-0.2, -0.15) is 0 Å². The topological polar surface area (TPSA) is 80.7 Å². The monoisotopic (exact) mass is 388 g/mol. The summed E-state index contributed by atoms with van der Waals surface area (Å²) >= 11 is 0. The molecule has 1 N–H and O–H groups in total. The quantitative estimate of drug-likeness (QED) is 0.592. The van der Waals surface area contributed by atoms with Crippen LogP contribution in [-0.2, 0) is 19.1 Å². The molecule has 5 heteroatoms. The molecular formula is C23H32O5. The summed E-state index contributed by atoms with van der Waals surface area (Å²) < 4.78 is 5.73. The predicted molar refractivity (Wildman–Crippen MR) is 103 cm³/mol. The minimum Gasteiger partial charge on any atom is -0.451 e. The summed E-state index contributed by atoms with van der Waals surface area (Å²) in [4.78, 5) is 36.7. The van der Waals surface area contributed by atoms with Crippen molar-refractivity contribution in [3.05, 3.63) is 11.6 Å². The van der Waals surface area contributed by atoms with Crippen molar-refractivity contribution < 1.29 is 24.2 Å². The Morgan fingerprint density at radius 3 is 2.64 bits per heavy atom. The maximum atomic E-state index is 12.8. The fraction of sp³-hybridized carbons (Fsp3) is 0.783. The summed E-state index contributed by atoms with van der Waals surface area (Å²) in [5.74, 6) is 0.632. The lowest BCUT2D eigenvalue weighted by Gasteiger charge is -2.56. The molecule has 28 heavy (non-hydrogen) atoms. The Bertz CT molecular complexity index is 754. The second-order valence-corrected chi connectivity index (χ2v) is 9.97. The number of aliphatic hydroxyl groups is 1. The zero-order chi connectivity index (χ0) is 20.3. The van der Waals surface area contributed by atoms with Gasteiger partial charge in [0.2, 0.25) is 5.78 Å². The van der Waals surface area contributed by atoms with Gasteiger partial charge in [0.05, 0.1) is 0 Å². The summed E-state index contributed by atoms with van der Waals surface area (Å²) in [6, 6.07) is 0. The van der Waals surface area contributed by atoms with E-state index < -0.39 is 23.6 Å². The molecule has 0 aromatic carbocycles. The standard InChI is InChI=1S/C23H32O5/c1-14(25)28-23(20(27)13-24)11-8-19-17-5-4-15-12-16(26)6-9-21(15,2)18(17)7-10-22(19,23)3/h7,15,17,19,24H,4-6,8-13H2,1-3H3/t15?,17-,19+,21+,22+,23+/m1/s1. The molecule has 4 aliphatic carbocycles. The number of fused-ring (bicyclic) bond motifs is 5. The summed E-state index contributed by atoms with van der Waals surface area (Å²) in [5.41, 5.74) is -0.152. The van der Waals surface area contributed by atoms with Crippen molar-refractivity contribution in [2.75, 3.05) is 6.61 Å². The van der Waals surface area contributed by atoms with E-state index in [4.69, 9.17) is 4.74 Å². The highest BCUT2D eigenvalue weighted by Crippen LogP contribution is 2.67. The number of allylic oxidation sites excluding steroid dienone is 2. The van der Waals surface area contributed by atoms with E-state index in [-0.39, 0.29) is 17.1 Å². The van der Waals surface area contributed by atoms with Gasteiger partial charge in [-0.3, -0.25) is 14.4 Å². The number of hydrogen-bond acceptors (Lipinski definition) is 5. The van der Waals surface area contributed by atoms with E-state index in [1.54, 1.807) is 0 Å². The number of ketones is 2. The first kappa shape index (κ1) is 19.8. The van der Waals surface area contributed by atoms with Gasteiger partial charge in [0.15, 0.2) is 5.60 Å². The predicted octanol–water partition coefficient (Wildman–Crippen LogP) is 3.38. The number of hydrogen-bond donors (Lipinski definition) is 1. The molecule has 0 heterocycles. The highest BCUT2D eigenvalue weighted by Gasteiger charge is 2.67. The highest BCUT2D eigenvalue weighted by atomic mass is 16.6. The SMILES string of the molecule is CC(=O)O[C@]1(C(=O)CO)CC[C@H]2[C@@H]3CCC4CC(=O)CC[C@]4(C)C3=CC[C@@]21C. The van der Waals surface area contributed by atoms with Crippen LogP contribution in [0.4, 0.5) is 0 Å². The van der Waals surface area contributed by atoms with Crippen molar-refractivity contribution in [3.63, 3.8) is 0 Å². The zero-order valence-electron chi connectivity index (χ0n) is 17.3. The van der Waals surface area contributed by atoms with Crippen molar-refractivity contribution in [2.24, 2.45) is 28.6 Å². The van der Waals surface area contributed by atoms with Gasteiger partial charge in [0.25, 0.3) is 0 Å². The van der Waals surface area contributed by atoms with Crippen LogP contribution in [0.5, 0.6) is 0 Å². The van der Waals surface area contributed by atoms with Crippen LogP contribution in [0.3, 0.4) is 0 Å². The molecule has 3 saturated carbocycles. The Balaban J connectivity index is 1.74. The molecule has 0 aromatic rings. The second-order valence-electron chi connectivity index (χ2n) is 9.97. The van der Waals surface area contributed by atoms with Crippen LogP contribution in [0.25, 0.3) is 0 Å². The van der Waals surface area contributed by atoms with Gasteiger partial charge >= 0.3 is 5.97 Å². The Kier molecular flexibility index (Phi) is 4.61. The summed E-state index contributed by atoms with van der Waals surface area (Å²) in [5, 5.41) is 9.64. The summed E-state index contributed by atoms with van der Waals surface area (Å²) in [6.07, 6.45) is 8.67. The van der Waals surface area contributed by atoms with Crippen molar-refractivity contribution in [3.8, 4) is 0 Å². The summed E-state index contributed by atoms with van der Waals surface area (Å²) in [7, 11) is 0. The van der Waals surface area contributed by atoms with Crippen LogP contribution in [-0.4, -0.2) is 34.9 Å². The molecule has 0 spiro atoms. The lowest BCUT2D eigenvalue weighted by molar-refractivity contribution is -0.183. The minimum absolute atomic E-state index is 0.0752. The third-order valence-electron chi connectivity index (χ3n) is 8.88.